The lowest BCUT2D eigenvalue weighted by molar-refractivity contribution is -0.134. The van der Waals surface area contributed by atoms with Gasteiger partial charge in [0.2, 0.25) is 0 Å². The van der Waals surface area contributed by atoms with Gasteiger partial charge in [-0.15, -0.1) is 0 Å². The van der Waals surface area contributed by atoms with E-state index in [1.54, 1.807) is 0 Å². The second-order valence-electron chi connectivity index (χ2n) is 2.55. The highest BCUT2D eigenvalue weighted by Crippen LogP contribution is 2.08. The Morgan fingerprint density at radius 1 is 1.70 bits per heavy atom. The molecule has 0 radical (unpaired) electrons. The Kier molecular flexibility index (Phi) is 1.90. The minimum absolute atomic E-state index is 0.229. The Morgan fingerprint density at radius 3 is 2.80 bits per heavy atom. The topological polar surface area (TPSA) is 26.3 Å². The highest BCUT2D eigenvalue weighted by molar-refractivity contribution is 5.86. The molecule has 0 aliphatic carbocycles. The second kappa shape index (κ2) is 2.69. The smallest absolute Gasteiger partial charge is 0.331 e. The van der Waals surface area contributed by atoms with Gasteiger partial charge < -0.3 is 4.74 Å². The van der Waals surface area contributed by atoms with Crippen LogP contribution in [0.3, 0.4) is 0 Å². The van der Waals surface area contributed by atoms with E-state index < -0.39 is 0 Å². The molecular formula is C8H10O2. The van der Waals surface area contributed by atoms with Gasteiger partial charge in [-0.2, -0.15) is 0 Å². The first kappa shape index (κ1) is 7.06. The molecule has 1 aliphatic rings. The fourth-order valence-corrected chi connectivity index (χ4v) is 0.843. The molecule has 1 heterocycles. The van der Waals surface area contributed by atoms with Crippen LogP contribution in [0.5, 0.6) is 0 Å². The molecule has 0 saturated carbocycles. The third-order valence-corrected chi connectivity index (χ3v) is 1.16. The molecule has 0 bridgehead atoms. The molecule has 0 N–H and O–H groups in total. The maximum Gasteiger partial charge on any atom is 0.331 e. The maximum absolute atomic E-state index is 10.5. The fraction of sp³-hybridized carbons (Fsp3) is 0.375. The van der Waals surface area contributed by atoms with Crippen LogP contribution in [0.25, 0.3) is 0 Å². The van der Waals surface area contributed by atoms with Gasteiger partial charge in [-0.25, -0.2) is 4.79 Å². The SMILES string of the molecule is CC(C)=CC1=CC(=O)OC1. The summed E-state index contributed by atoms with van der Waals surface area (Å²) in [5.74, 6) is -0.229. The Bertz CT molecular complexity index is 207. The van der Waals surface area contributed by atoms with Gasteiger partial charge in [0.05, 0.1) is 0 Å². The molecule has 0 aromatic heterocycles. The first-order valence-electron chi connectivity index (χ1n) is 3.21. The van der Waals surface area contributed by atoms with Crippen molar-refractivity contribution in [3.63, 3.8) is 0 Å². The predicted octanol–water partition coefficient (Wildman–Crippen LogP) is 1.44. The van der Waals surface area contributed by atoms with E-state index in [1.165, 1.54) is 11.6 Å². The van der Waals surface area contributed by atoms with E-state index in [0.717, 1.165) is 5.57 Å². The Hall–Kier alpha value is -1.05. The number of hydrogen-bond acceptors (Lipinski definition) is 2. The molecule has 0 aromatic rings. The van der Waals surface area contributed by atoms with Gasteiger partial charge in [0.1, 0.15) is 6.61 Å². The summed E-state index contributed by atoms with van der Waals surface area (Å²) in [6.07, 6.45) is 3.47. The molecule has 0 atom stereocenters. The molecule has 0 unspecified atom stereocenters. The lowest BCUT2D eigenvalue weighted by Crippen LogP contribution is -1.90. The van der Waals surface area contributed by atoms with Crippen molar-refractivity contribution in [2.45, 2.75) is 13.8 Å². The van der Waals surface area contributed by atoms with Gasteiger partial charge in [-0.1, -0.05) is 11.6 Å². The monoisotopic (exact) mass is 138 g/mol. The van der Waals surface area contributed by atoms with E-state index >= 15 is 0 Å². The number of carbonyl (C=O) groups is 1. The van der Waals surface area contributed by atoms with Crippen LogP contribution in [-0.4, -0.2) is 12.6 Å². The lowest BCUT2D eigenvalue weighted by Gasteiger charge is -1.91. The van der Waals surface area contributed by atoms with Crippen molar-refractivity contribution < 1.29 is 9.53 Å². The average Bonchev–Trinajstić information content (AvgIpc) is 2.13. The number of cyclic esters (lactones) is 1. The standard InChI is InChI=1S/C8H10O2/c1-6(2)3-7-4-8(9)10-5-7/h3-4H,5H2,1-2H3. The third kappa shape index (κ3) is 1.72. The van der Waals surface area contributed by atoms with Gasteiger partial charge in [-0.3, -0.25) is 0 Å². The molecule has 1 rings (SSSR count). The Balaban J connectivity index is 2.68. The summed E-state index contributed by atoms with van der Waals surface area (Å²) in [5, 5.41) is 0. The highest BCUT2D eigenvalue weighted by Gasteiger charge is 2.09. The van der Waals surface area contributed by atoms with Crippen molar-refractivity contribution in [2.24, 2.45) is 0 Å². The molecule has 0 saturated heterocycles. The summed E-state index contributed by atoms with van der Waals surface area (Å²) in [6, 6.07) is 0. The number of allylic oxidation sites excluding steroid dienone is 1. The van der Waals surface area contributed by atoms with E-state index in [0.29, 0.717) is 6.61 Å². The quantitative estimate of drug-likeness (QED) is 0.512. The van der Waals surface area contributed by atoms with Gasteiger partial charge in [0.25, 0.3) is 0 Å². The molecule has 0 spiro atoms. The summed E-state index contributed by atoms with van der Waals surface area (Å²) < 4.78 is 4.69. The molecule has 0 aromatic carbocycles. The number of ether oxygens (including phenoxy) is 1. The van der Waals surface area contributed by atoms with Crippen LogP contribution in [0.1, 0.15) is 13.8 Å². The third-order valence-electron chi connectivity index (χ3n) is 1.16. The zero-order valence-electron chi connectivity index (χ0n) is 6.18. The van der Waals surface area contributed by atoms with Crippen molar-refractivity contribution >= 4 is 5.97 Å². The number of hydrogen-bond donors (Lipinski definition) is 0. The molecule has 10 heavy (non-hydrogen) atoms. The molecule has 2 heteroatoms. The highest BCUT2D eigenvalue weighted by atomic mass is 16.5. The normalized spacial score (nSPS) is 16.2. The second-order valence-corrected chi connectivity index (χ2v) is 2.55. The summed E-state index contributed by atoms with van der Waals surface area (Å²) in [6.45, 7) is 4.41. The average molecular weight is 138 g/mol. The zero-order chi connectivity index (χ0) is 7.56. The van der Waals surface area contributed by atoms with Crippen molar-refractivity contribution in [3.05, 3.63) is 23.3 Å². The lowest BCUT2D eigenvalue weighted by atomic mass is 10.2. The summed E-state index contributed by atoms with van der Waals surface area (Å²) in [5.41, 5.74) is 2.15. The van der Waals surface area contributed by atoms with Crippen LogP contribution < -0.4 is 0 Å². The minimum atomic E-state index is -0.229. The summed E-state index contributed by atoms with van der Waals surface area (Å²) in [4.78, 5) is 10.5. The molecular weight excluding hydrogens is 128 g/mol. The molecule has 54 valence electrons. The van der Waals surface area contributed by atoms with Crippen LogP contribution in [0.15, 0.2) is 23.3 Å². The van der Waals surface area contributed by atoms with E-state index in [1.807, 2.05) is 19.9 Å². The van der Waals surface area contributed by atoms with Crippen LogP contribution in [0, 0.1) is 0 Å². The van der Waals surface area contributed by atoms with Crippen molar-refractivity contribution in [3.8, 4) is 0 Å². The van der Waals surface area contributed by atoms with Gasteiger partial charge in [0, 0.05) is 6.08 Å². The summed E-state index contributed by atoms with van der Waals surface area (Å²) in [7, 11) is 0. The van der Waals surface area contributed by atoms with Gasteiger partial charge >= 0.3 is 5.97 Å². The van der Waals surface area contributed by atoms with E-state index in [4.69, 9.17) is 4.74 Å². The molecule has 0 fully saturated rings. The maximum atomic E-state index is 10.5. The van der Waals surface area contributed by atoms with Gasteiger partial charge in [0.15, 0.2) is 0 Å². The first-order valence-corrected chi connectivity index (χ1v) is 3.21. The van der Waals surface area contributed by atoms with Crippen LogP contribution in [0.4, 0.5) is 0 Å². The van der Waals surface area contributed by atoms with E-state index in [-0.39, 0.29) is 5.97 Å². The van der Waals surface area contributed by atoms with Crippen LogP contribution >= 0.6 is 0 Å². The minimum Gasteiger partial charge on any atom is -0.458 e. The van der Waals surface area contributed by atoms with Crippen LogP contribution in [-0.2, 0) is 9.53 Å². The predicted molar refractivity (Wildman–Crippen MR) is 38.5 cm³/mol. The summed E-state index contributed by atoms with van der Waals surface area (Å²) >= 11 is 0. The van der Waals surface area contributed by atoms with Crippen molar-refractivity contribution in [1.29, 1.82) is 0 Å². The molecule has 1 aliphatic heterocycles. The number of rotatable bonds is 1. The Labute approximate surface area is 60.2 Å². The van der Waals surface area contributed by atoms with Crippen molar-refractivity contribution in [1.82, 2.24) is 0 Å². The largest absolute Gasteiger partial charge is 0.458 e. The molecule has 2 nitrogen and oxygen atoms in total. The fourth-order valence-electron chi connectivity index (χ4n) is 0.843. The number of esters is 1. The van der Waals surface area contributed by atoms with E-state index in [9.17, 15) is 4.79 Å². The Morgan fingerprint density at radius 2 is 2.40 bits per heavy atom. The number of carbonyl (C=O) groups excluding carboxylic acids is 1. The van der Waals surface area contributed by atoms with Gasteiger partial charge in [-0.05, 0) is 19.4 Å². The van der Waals surface area contributed by atoms with Crippen LogP contribution in [0.2, 0.25) is 0 Å². The van der Waals surface area contributed by atoms with E-state index in [2.05, 4.69) is 0 Å². The van der Waals surface area contributed by atoms with Crippen molar-refractivity contribution in [2.75, 3.05) is 6.61 Å². The zero-order valence-corrected chi connectivity index (χ0v) is 6.18. The first-order chi connectivity index (χ1) is 4.68. The molecule has 0 amide bonds.